The number of urea groups is 1. The van der Waals surface area contributed by atoms with Gasteiger partial charge in [0, 0.05) is 12.1 Å². The molecule has 0 unspecified atom stereocenters. The fourth-order valence-corrected chi connectivity index (χ4v) is 3.38. The predicted octanol–water partition coefficient (Wildman–Crippen LogP) is 2.20. The average Bonchev–Trinajstić information content (AvgIpc) is 3.15. The molecule has 1 atom stereocenters. The number of aryl methyl sites for hydroxylation is 1. The Bertz CT molecular complexity index is 668. The molecule has 6 heteroatoms. The molecule has 0 bridgehead atoms. The van der Waals surface area contributed by atoms with Crippen LogP contribution in [0.25, 0.3) is 0 Å². The summed E-state index contributed by atoms with van der Waals surface area (Å²) in [6.45, 7) is 4.85. The Morgan fingerprint density at radius 2 is 1.92 bits per heavy atom. The summed E-state index contributed by atoms with van der Waals surface area (Å²) in [5, 5.41) is 9.01. The van der Waals surface area contributed by atoms with Crippen molar-refractivity contribution in [1.82, 2.24) is 10.6 Å². The van der Waals surface area contributed by atoms with E-state index in [1.165, 1.54) is 10.4 Å². The van der Waals surface area contributed by atoms with Crippen LogP contribution < -0.4 is 16.0 Å². The predicted molar refractivity (Wildman–Crippen MR) is 101 cm³/mol. The van der Waals surface area contributed by atoms with Crippen LogP contribution in [-0.4, -0.2) is 25.0 Å². The van der Waals surface area contributed by atoms with Crippen molar-refractivity contribution in [1.29, 1.82) is 0 Å². The van der Waals surface area contributed by atoms with Gasteiger partial charge in [-0.2, -0.15) is 0 Å². The van der Waals surface area contributed by atoms with Gasteiger partial charge in [0.25, 0.3) is 5.91 Å². The zero-order valence-electron chi connectivity index (χ0n) is 14.7. The van der Waals surface area contributed by atoms with Gasteiger partial charge in [0.15, 0.2) is 6.54 Å². The topological polar surface area (TPSA) is 74.8 Å². The molecular formula is C19H26N3O2S+. The van der Waals surface area contributed by atoms with Crippen molar-refractivity contribution < 1.29 is 14.9 Å². The van der Waals surface area contributed by atoms with Gasteiger partial charge in [-0.1, -0.05) is 44.2 Å². The maximum atomic E-state index is 12.0. The summed E-state index contributed by atoms with van der Waals surface area (Å²) in [5.74, 6) is -0.291. The summed E-state index contributed by atoms with van der Waals surface area (Å²) in [7, 11) is 0. The smallest absolute Gasteiger partial charge is 0.321 e. The van der Waals surface area contributed by atoms with Crippen LogP contribution >= 0.6 is 11.3 Å². The first-order valence-corrected chi connectivity index (χ1v) is 9.55. The van der Waals surface area contributed by atoms with Crippen LogP contribution in [0.2, 0.25) is 0 Å². The molecular weight excluding hydrogens is 334 g/mol. The van der Waals surface area contributed by atoms with Crippen LogP contribution in [0, 0.1) is 0 Å². The van der Waals surface area contributed by atoms with Crippen molar-refractivity contribution in [3.8, 4) is 0 Å². The highest BCUT2D eigenvalue weighted by Gasteiger charge is 2.20. The Labute approximate surface area is 152 Å². The zero-order valence-corrected chi connectivity index (χ0v) is 15.6. The van der Waals surface area contributed by atoms with Crippen LogP contribution in [0.15, 0.2) is 41.8 Å². The molecule has 0 aliphatic rings. The molecule has 1 heterocycles. The third kappa shape index (κ3) is 5.99. The number of benzene rings is 1. The SMILES string of the molecule is CCCNC(=O)NC(=O)C[NH2+][C@H](c1ccc(CC)cc1)c1cccs1. The van der Waals surface area contributed by atoms with Gasteiger partial charge in [-0.15, -0.1) is 11.3 Å². The lowest BCUT2D eigenvalue weighted by Crippen LogP contribution is -2.87. The molecule has 3 amide bonds. The molecule has 0 radical (unpaired) electrons. The minimum atomic E-state index is -0.430. The van der Waals surface area contributed by atoms with Crippen molar-refractivity contribution >= 4 is 23.3 Å². The van der Waals surface area contributed by atoms with E-state index >= 15 is 0 Å². The van der Waals surface area contributed by atoms with Gasteiger partial charge in [-0.3, -0.25) is 10.1 Å². The van der Waals surface area contributed by atoms with E-state index in [9.17, 15) is 9.59 Å². The number of hydrogen-bond donors (Lipinski definition) is 3. The van der Waals surface area contributed by atoms with Gasteiger partial charge < -0.3 is 10.6 Å². The largest absolute Gasteiger partial charge is 0.338 e. The molecule has 0 saturated heterocycles. The van der Waals surface area contributed by atoms with Gasteiger partial charge in [0.2, 0.25) is 0 Å². The quantitative estimate of drug-likeness (QED) is 0.675. The van der Waals surface area contributed by atoms with Crippen LogP contribution in [-0.2, 0) is 11.2 Å². The second-order valence-electron chi connectivity index (χ2n) is 5.83. The van der Waals surface area contributed by atoms with Crippen LogP contribution in [0.3, 0.4) is 0 Å². The maximum absolute atomic E-state index is 12.0. The first-order valence-electron chi connectivity index (χ1n) is 8.67. The number of nitrogens with one attached hydrogen (secondary N) is 2. The lowest BCUT2D eigenvalue weighted by molar-refractivity contribution is -0.676. The van der Waals surface area contributed by atoms with Crippen molar-refractivity contribution in [3.63, 3.8) is 0 Å². The molecule has 1 aromatic heterocycles. The molecule has 2 aromatic rings. The minimum Gasteiger partial charge on any atom is -0.338 e. The number of hydrogen-bond acceptors (Lipinski definition) is 3. The second kappa shape index (κ2) is 9.96. The summed E-state index contributed by atoms with van der Waals surface area (Å²) in [5.41, 5.74) is 2.45. The number of carbonyl (C=O) groups excluding carboxylic acids is 2. The van der Waals surface area contributed by atoms with E-state index in [0.29, 0.717) is 6.54 Å². The number of rotatable bonds is 8. The Balaban J connectivity index is 2.00. The summed E-state index contributed by atoms with van der Waals surface area (Å²) in [4.78, 5) is 24.8. The average molecular weight is 361 g/mol. The molecule has 2 rings (SSSR count). The number of quaternary nitrogens is 1. The molecule has 4 N–H and O–H groups in total. The second-order valence-corrected chi connectivity index (χ2v) is 6.81. The number of carbonyl (C=O) groups is 2. The Hall–Kier alpha value is -2.18. The molecule has 0 aliphatic carbocycles. The standard InChI is InChI=1S/C19H25N3O2S/c1-3-11-20-19(24)22-17(23)13-21-18(16-6-5-12-25-16)15-9-7-14(4-2)8-10-15/h5-10,12,18,21H,3-4,11,13H2,1-2H3,(H2,20,22,23,24)/p+1/t18-/m1/s1. The summed E-state index contributed by atoms with van der Waals surface area (Å²) < 4.78 is 0. The van der Waals surface area contributed by atoms with E-state index in [0.717, 1.165) is 18.4 Å². The normalized spacial score (nSPS) is 11.8. The number of amides is 3. The third-order valence-electron chi connectivity index (χ3n) is 3.92. The first-order chi connectivity index (χ1) is 12.1. The fourth-order valence-electron chi connectivity index (χ4n) is 2.53. The highest BCUT2D eigenvalue weighted by molar-refractivity contribution is 7.10. The van der Waals surface area contributed by atoms with Gasteiger partial charge in [0.1, 0.15) is 6.04 Å². The third-order valence-corrected chi connectivity index (χ3v) is 4.88. The van der Waals surface area contributed by atoms with Gasteiger partial charge in [-0.05, 0) is 29.9 Å². The van der Waals surface area contributed by atoms with Crippen molar-refractivity contribution in [3.05, 3.63) is 57.8 Å². The number of imide groups is 1. The molecule has 0 fully saturated rings. The Kier molecular flexibility index (Phi) is 7.63. The first kappa shape index (κ1) is 19.1. The highest BCUT2D eigenvalue weighted by Crippen LogP contribution is 2.23. The van der Waals surface area contributed by atoms with Gasteiger partial charge in [0.05, 0.1) is 4.88 Å². The highest BCUT2D eigenvalue weighted by atomic mass is 32.1. The van der Waals surface area contributed by atoms with E-state index in [4.69, 9.17) is 0 Å². The Morgan fingerprint density at radius 3 is 2.52 bits per heavy atom. The monoisotopic (exact) mass is 360 g/mol. The molecule has 134 valence electrons. The van der Waals surface area contributed by atoms with Crippen molar-refractivity contribution in [2.45, 2.75) is 32.7 Å². The molecule has 0 saturated carbocycles. The number of nitrogens with two attached hydrogens (primary N) is 1. The van der Waals surface area contributed by atoms with E-state index in [1.54, 1.807) is 11.3 Å². The van der Waals surface area contributed by atoms with E-state index in [1.807, 2.05) is 23.7 Å². The molecule has 0 aliphatic heterocycles. The van der Waals surface area contributed by atoms with Crippen molar-refractivity contribution in [2.75, 3.05) is 13.1 Å². The fraction of sp³-hybridized carbons (Fsp3) is 0.368. The summed E-state index contributed by atoms with van der Waals surface area (Å²) in [6.07, 6.45) is 1.84. The lowest BCUT2D eigenvalue weighted by Gasteiger charge is -2.15. The Morgan fingerprint density at radius 1 is 1.16 bits per heavy atom. The van der Waals surface area contributed by atoms with E-state index in [-0.39, 0.29) is 18.5 Å². The number of thiophene rings is 1. The van der Waals surface area contributed by atoms with E-state index < -0.39 is 6.03 Å². The molecule has 5 nitrogen and oxygen atoms in total. The molecule has 0 spiro atoms. The van der Waals surface area contributed by atoms with E-state index in [2.05, 4.69) is 47.9 Å². The minimum absolute atomic E-state index is 0.0513. The molecule has 1 aromatic carbocycles. The summed E-state index contributed by atoms with van der Waals surface area (Å²) >= 11 is 1.67. The maximum Gasteiger partial charge on any atom is 0.321 e. The van der Waals surface area contributed by atoms with Crippen LogP contribution in [0.4, 0.5) is 4.79 Å². The zero-order chi connectivity index (χ0) is 18.1. The van der Waals surface area contributed by atoms with Gasteiger partial charge in [-0.25, -0.2) is 4.79 Å². The lowest BCUT2D eigenvalue weighted by atomic mass is 10.0. The summed E-state index contributed by atoms with van der Waals surface area (Å²) in [6, 6.07) is 12.2. The van der Waals surface area contributed by atoms with Crippen LogP contribution in [0.5, 0.6) is 0 Å². The van der Waals surface area contributed by atoms with Gasteiger partial charge >= 0.3 is 6.03 Å². The van der Waals surface area contributed by atoms with Crippen LogP contribution in [0.1, 0.15) is 42.3 Å². The molecule has 25 heavy (non-hydrogen) atoms. The van der Waals surface area contributed by atoms with Crippen molar-refractivity contribution in [2.24, 2.45) is 0 Å².